The van der Waals surface area contributed by atoms with Crippen LogP contribution >= 0.6 is 0 Å². The molecule has 0 aromatic rings. The van der Waals surface area contributed by atoms with Gasteiger partial charge in [0.25, 0.3) is 0 Å². The van der Waals surface area contributed by atoms with Crippen molar-refractivity contribution in [3.63, 3.8) is 0 Å². The summed E-state index contributed by atoms with van der Waals surface area (Å²) in [6.45, 7) is 29.5. The van der Waals surface area contributed by atoms with Crippen LogP contribution in [0.15, 0.2) is 0 Å². The minimum absolute atomic E-state index is 0.312. The minimum atomic E-state index is 0.312. The van der Waals surface area contributed by atoms with Gasteiger partial charge in [-0.1, -0.05) is 102 Å². The molecule has 0 aliphatic carbocycles. The van der Waals surface area contributed by atoms with Crippen LogP contribution < -0.4 is 0 Å². The highest BCUT2D eigenvalue weighted by atomic mass is 14.6. The van der Waals surface area contributed by atoms with Gasteiger partial charge < -0.3 is 0 Å². The Hall–Kier alpha value is 0. The lowest BCUT2D eigenvalue weighted by Crippen LogP contribution is -2.49. The number of hydrogen-bond acceptors (Lipinski definition) is 0. The first-order chi connectivity index (χ1) is 9.62. The third-order valence-electron chi connectivity index (χ3n) is 7.72. The lowest BCUT2D eigenvalue weighted by molar-refractivity contribution is -0.0771. The molecule has 0 saturated heterocycles. The van der Waals surface area contributed by atoms with Crippen molar-refractivity contribution in [2.75, 3.05) is 0 Å². The molecule has 0 heterocycles. The van der Waals surface area contributed by atoms with Crippen LogP contribution in [0.2, 0.25) is 0 Å². The molecular weight excluding hydrogens is 264 g/mol. The first-order valence-electron chi connectivity index (χ1n) is 9.62. The second-order valence-electron chi connectivity index (χ2n) is 10.7. The Morgan fingerprint density at radius 3 is 1.41 bits per heavy atom. The number of unbranched alkanes of at least 4 members (excludes halogenated alkanes) is 2. The van der Waals surface area contributed by atoms with Crippen LogP contribution in [0.1, 0.15) is 109 Å². The SMILES string of the molecule is CCCCCC(C)(C)C(C)C(C)(C)C(C)(C)C(C)C(C)(C)C. The Morgan fingerprint density at radius 2 is 1.05 bits per heavy atom. The van der Waals surface area contributed by atoms with Crippen LogP contribution in [-0.4, -0.2) is 0 Å². The first-order valence-corrected chi connectivity index (χ1v) is 9.62. The molecule has 0 aromatic carbocycles. The summed E-state index contributed by atoms with van der Waals surface area (Å²) in [4.78, 5) is 0. The Labute approximate surface area is 142 Å². The van der Waals surface area contributed by atoms with Gasteiger partial charge in [-0.05, 0) is 39.9 Å². The summed E-state index contributed by atoms with van der Waals surface area (Å²) in [5, 5.41) is 0. The fourth-order valence-corrected chi connectivity index (χ4v) is 4.22. The van der Waals surface area contributed by atoms with Gasteiger partial charge in [0.15, 0.2) is 0 Å². The van der Waals surface area contributed by atoms with Crippen LogP contribution in [0.5, 0.6) is 0 Å². The molecule has 0 aromatic heterocycles. The van der Waals surface area contributed by atoms with Gasteiger partial charge in [0.05, 0.1) is 0 Å². The van der Waals surface area contributed by atoms with E-state index in [0.717, 1.165) is 0 Å². The average Bonchev–Trinajstić information content (AvgIpc) is 2.35. The molecule has 0 aliphatic rings. The molecular formula is C22H46. The highest BCUT2D eigenvalue weighted by Gasteiger charge is 2.50. The fourth-order valence-electron chi connectivity index (χ4n) is 4.22. The van der Waals surface area contributed by atoms with Gasteiger partial charge in [0.2, 0.25) is 0 Å². The molecule has 0 bridgehead atoms. The molecule has 0 saturated carbocycles. The van der Waals surface area contributed by atoms with Crippen LogP contribution in [0.25, 0.3) is 0 Å². The van der Waals surface area contributed by atoms with Crippen molar-refractivity contribution in [1.82, 2.24) is 0 Å². The second-order valence-corrected chi connectivity index (χ2v) is 10.7. The zero-order valence-electron chi connectivity index (χ0n) is 18.0. The van der Waals surface area contributed by atoms with Gasteiger partial charge >= 0.3 is 0 Å². The maximum atomic E-state index is 2.52. The van der Waals surface area contributed by atoms with Crippen LogP contribution in [0.3, 0.4) is 0 Å². The Bertz CT molecular complexity index is 324. The van der Waals surface area contributed by atoms with Gasteiger partial charge in [-0.3, -0.25) is 0 Å². The highest BCUT2D eigenvalue weighted by Crippen LogP contribution is 2.58. The summed E-state index contributed by atoms with van der Waals surface area (Å²) < 4.78 is 0. The van der Waals surface area contributed by atoms with Crippen molar-refractivity contribution in [1.29, 1.82) is 0 Å². The Morgan fingerprint density at radius 1 is 0.636 bits per heavy atom. The van der Waals surface area contributed by atoms with Gasteiger partial charge in [-0.15, -0.1) is 0 Å². The topological polar surface area (TPSA) is 0 Å². The molecule has 0 nitrogen and oxygen atoms in total. The lowest BCUT2D eigenvalue weighted by atomic mass is 9.48. The maximum Gasteiger partial charge on any atom is -0.0269 e. The summed E-state index contributed by atoms with van der Waals surface area (Å²) in [5.41, 5.74) is 1.39. The monoisotopic (exact) mass is 310 g/mol. The molecule has 134 valence electrons. The molecule has 0 N–H and O–H groups in total. The highest BCUT2D eigenvalue weighted by molar-refractivity contribution is 4.99. The van der Waals surface area contributed by atoms with E-state index in [1.807, 2.05) is 0 Å². The van der Waals surface area contributed by atoms with Crippen molar-refractivity contribution in [2.45, 2.75) is 109 Å². The van der Waals surface area contributed by atoms with Crippen molar-refractivity contribution >= 4 is 0 Å². The van der Waals surface area contributed by atoms with Crippen LogP contribution in [-0.2, 0) is 0 Å². The molecule has 2 atom stereocenters. The standard InChI is InChI=1S/C22H46/c1-13-14-15-16-20(7,8)18(3)22(11,12)21(9,10)17(2)19(4,5)6/h17-18H,13-16H2,1-12H3. The molecule has 0 amide bonds. The van der Waals surface area contributed by atoms with Crippen molar-refractivity contribution in [2.24, 2.45) is 33.5 Å². The number of hydrogen-bond donors (Lipinski definition) is 0. The van der Waals surface area contributed by atoms with Crippen molar-refractivity contribution in [3.8, 4) is 0 Å². The van der Waals surface area contributed by atoms with E-state index in [1.165, 1.54) is 25.7 Å². The summed E-state index contributed by atoms with van der Waals surface area (Å²) in [6.07, 6.45) is 5.42. The van der Waals surface area contributed by atoms with Crippen molar-refractivity contribution < 1.29 is 0 Å². The lowest BCUT2D eigenvalue weighted by Gasteiger charge is -2.56. The van der Waals surface area contributed by atoms with E-state index in [4.69, 9.17) is 0 Å². The van der Waals surface area contributed by atoms with Gasteiger partial charge in [-0.2, -0.15) is 0 Å². The van der Waals surface area contributed by atoms with E-state index in [0.29, 0.717) is 33.5 Å². The summed E-state index contributed by atoms with van der Waals surface area (Å²) in [5.74, 6) is 1.39. The molecule has 22 heavy (non-hydrogen) atoms. The van der Waals surface area contributed by atoms with Crippen LogP contribution in [0.4, 0.5) is 0 Å². The van der Waals surface area contributed by atoms with E-state index in [-0.39, 0.29) is 0 Å². The van der Waals surface area contributed by atoms with Gasteiger partial charge in [0.1, 0.15) is 0 Å². The Kier molecular flexibility index (Phi) is 7.27. The normalized spacial score (nSPS) is 17.5. The third-order valence-corrected chi connectivity index (χ3v) is 7.72. The van der Waals surface area contributed by atoms with Gasteiger partial charge in [0, 0.05) is 0 Å². The quantitative estimate of drug-likeness (QED) is 0.399. The molecule has 0 fully saturated rings. The fraction of sp³-hybridized carbons (Fsp3) is 1.00. The van der Waals surface area contributed by atoms with E-state index in [2.05, 4.69) is 83.1 Å². The molecule has 0 radical (unpaired) electrons. The smallest absolute Gasteiger partial charge is 0.0269 e. The zero-order chi connectivity index (χ0) is 18.0. The number of rotatable bonds is 8. The van der Waals surface area contributed by atoms with Crippen LogP contribution in [0, 0.1) is 33.5 Å². The van der Waals surface area contributed by atoms with E-state index < -0.39 is 0 Å². The molecule has 2 unspecified atom stereocenters. The summed E-state index contributed by atoms with van der Waals surface area (Å²) in [6, 6.07) is 0. The first kappa shape index (κ1) is 22.0. The van der Waals surface area contributed by atoms with E-state index >= 15 is 0 Å². The molecule has 0 rings (SSSR count). The largest absolute Gasteiger partial charge is 0.0654 e. The average molecular weight is 311 g/mol. The zero-order valence-corrected chi connectivity index (χ0v) is 18.0. The van der Waals surface area contributed by atoms with Crippen molar-refractivity contribution in [3.05, 3.63) is 0 Å². The second kappa shape index (κ2) is 7.27. The molecule has 0 aliphatic heterocycles. The third kappa shape index (κ3) is 4.75. The predicted octanol–water partition coefficient (Wildman–Crippen LogP) is 7.96. The summed E-state index contributed by atoms with van der Waals surface area (Å²) >= 11 is 0. The molecule has 0 heteroatoms. The molecule has 0 spiro atoms. The van der Waals surface area contributed by atoms with E-state index in [9.17, 15) is 0 Å². The van der Waals surface area contributed by atoms with E-state index in [1.54, 1.807) is 0 Å². The minimum Gasteiger partial charge on any atom is -0.0654 e. The predicted molar refractivity (Wildman–Crippen MR) is 103 cm³/mol. The summed E-state index contributed by atoms with van der Waals surface area (Å²) in [7, 11) is 0. The maximum absolute atomic E-state index is 2.52. The van der Waals surface area contributed by atoms with Gasteiger partial charge in [-0.25, -0.2) is 0 Å². The Balaban J connectivity index is 5.34.